The number of hydrogen-bond donors (Lipinski definition) is 1. The zero-order valence-electron chi connectivity index (χ0n) is 5.79. The molecule has 0 fully saturated rings. The molecule has 0 atom stereocenters. The summed E-state index contributed by atoms with van der Waals surface area (Å²) < 4.78 is 3.98. The van der Waals surface area contributed by atoms with Gasteiger partial charge < -0.3 is 5.11 Å². The number of aliphatic hydroxyl groups is 1. The second-order valence-electron chi connectivity index (χ2n) is 2.16. The first-order valence-electron chi connectivity index (χ1n) is 3.44. The fraction of sp³-hybridized carbons (Fsp3) is 0.571. The van der Waals surface area contributed by atoms with Gasteiger partial charge in [-0.2, -0.15) is 0 Å². The summed E-state index contributed by atoms with van der Waals surface area (Å²) in [6.07, 6.45) is 4.85. The van der Waals surface area contributed by atoms with Gasteiger partial charge in [0.1, 0.15) is 0 Å². The van der Waals surface area contributed by atoms with Crippen LogP contribution in [0.3, 0.4) is 0 Å². The minimum atomic E-state index is 0.304. The summed E-state index contributed by atoms with van der Waals surface area (Å²) in [4.78, 5) is 1.31. The molecule has 10 heavy (non-hydrogen) atoms. The lowest BCUT2D eigenvalue weighted by Gasteiger charge is -1.92. The number of aliphatic hydroxyl groups excluding tert-OH is 1. The van der Waals surface area contributed by atoms with Crippen LogP contribution in [0.5, 0.6) is 0 Å². The Kier molecular flexibility index (Phi) is 3.40. The van der Waals surface area contributed by atoms with E-state index in [1.807, 2.05) is 12.3 Å². The molecule has 3 heteroatoms. The molecule has 0 spiro atoms. The summed E-state index contributed by atoms with van der Waals surface area (Å²) in [6, 6.07) is 2.03. The maximum atomic E-state index is 8.48. The van der Waals surface area contributed by atoms with Crippen LogP contribution < -0.4 is 0 Å². The zero-order chi connectivity index (χ0) is 7.23. The molecule has 0 aliphatic rings. The van der Waals surface area contributed by atoms with Crippen LogP contribution in [0.2, 0.25) is 0 Å². The third-order valence-electron chi connectivity index (χ3n) is 1.32. The summed E-state index contributed by atoms with van der Waals surface area (Å²) in [5, 5.41) is 8.48. The molecule has 1 N–H and O–H groups in total. The molecule has 1 aromatic rings. The number of rotatable bonds is 4. The highest BCUT2D eigenvalue weighted by Crippen LogP contribution is 2.08. The smallest absolute Gasteiger partial charge is 0.0431 e. The summed E-state index contributed by atoms with van der Waals surface area (Å²) >= 11 is 1.54. The Hall–Kier alpha value is -0.410. The van der Waals surface area contributed by atoms with Gasteiger partial charge in [0.25, 0.3) is 0 Å². The van der Waals surface area contributed by atoms with Crippen molar-refractivity contribution in [3.05, 3.63) is 17.1 Å². The van der Waals surface area contributed by atoms with E-state index in [0.717, 1.165) is 19.3 Å². The molecule has 0 unspecified atom stereocenters. The van der Waals surface area contributed by atoms with Gasteiger partial charge in [-0.25, -0.2) is 4.37 Å². The Morgan fingerprint density at radius 3 is 3.00 bits per heavy atom. The predicted molar refractivity (Wildman–Crippen MR) is 42.1 cm³/mol. The lowest BCUT2D eigenvalue weighted by Crippen LogP contribution is -1.84. The van der Waals surface area contributed by atoms with Gasteiger partial charge in [0.15, 0.2) is 0 Å². The van der Waals surface area contributed by atoms with Crippen LogP contribution in [-0.2, 0) is 6.42 Å². The Bertz CT molecular complexity index is 162. The van der Waals surface area contributed by atoms with Gasteiger partial charge in [0, 0.05) is 17.7 Å². The number of unbranched alkanes of at least 4 members (excludes halogenated alkanes) is 1. The highest BCUT2D eigenvalue weighted by atomic mass is 32.1. The molecular formula is C7H11NOS. The topological polar surface area (TPSA) is 33.1 Å². The van der Waals surface area contributed by atoms with Gasteiger partial charge in [-0.15, -0.1) is 0 Å². The van der Waals surface area contributed by atoms with Crippen molar-refractivity contribution < 1.29 is 5.11 Å². The lowest BCUT2D eigenvalue weighted by molar-refractivity contribution is 0.285. The second kappa shape index (κ2) is 4.41. The Labute approximate surface area is 64.7 Å². The van der Waals surface area contributed by atoms with Gasteiger partial charge in [0.2, 0.25) is 0 Å². The van der Waals surface area contributed by atoms with E-state index in [1.165, 1.54) is 4.88 Å². The summed E-state index contributed by atoms with van der Waals surface area (Å²) in [6.45, 7) is 0.304. The molecular weight excluding hydrogens is 146 g/mol. The van der Waals surface area contributed by atoms with Crippen LogP contribution in [0.4, 0.5) is 0 Å². The van der Waals surface area contributed by atoms with Gasteiger partial charge in [-0.3, -0.25) is 0 Å². The SMILES string of the molecule is OCCCCc1ccns1. The van der Waals surface area contributed by atoms with Gasteiger partial charge in [0.05, 0.1) is 0 Å². The van der Waals surface area contributed by atoms with Gasteiger partial charge >= 0.3 is 0 Å². The van der Waals surface area contributed by atoms with Crippen LogP contribution in [0, 0.1) is 0 Å². The first kappa shape index (κ1) is 7.69. The van der Waals surface area contributed by atoms with E-state index in [1.54, 1.807) is 11.5 Å². The summed E-state index contributed by atoms with van der Waals surface area (Å²) in [7, 11) is 0. The number of hydrogen-bond acceptors (Lipinski definition) is 3. The molecule has 0 bridgehead atoms. The standard InChI is InChI=1S/C7H11NOS/c9-6-2-1-3-7-4-5-8-10-7/h4-5,9H,1-3,6H2. The Balaban J connectivity index is 2.15. The van der Waals surface area contributed by atoms with Crippen molar-refractivity contribution in [3.63, 3.8) is 0 Å². The third-order valence-corrected chi connectivity index (χ3v) is 2.12. The van der Waals surface area contributed by atoms with Crippen LogP contribution in [-0.4, -0.2) is 16.1 Å². The van der Waals surface area contributed by atoms with E-state index < -0.39 is 0 Å². The van der Waals surface area contributed by atoms with Crippen molar-refractivity contribution in [2.45, 2.75) is 19.3 Å². The highest BCUT2D eigenvalue weighted by molar-refractivity contribution is 7.05. The molecule has 0 radical (unpaired) electrons. The lowest BCUT2D eigenvalue weighted by atomic mass is 10.2. The normalized spacial score (nSPS) is 10.1. The molecule has 0 aliphatic carbocycles. The first-order valence-corrected chi connectivity index (χ1v) is 4.21. The quantitative estimate of drug-likeness (QED) is 0.671. The monoisotopic (exact) mass is 157 g/mol. The second-order valence-corrected chi connectivity index (χ2v) is 3.08. The van der Waals surface area contributed by atoms with E-state index in [9.17, 15) is 0 Å². The van der Waals surface area contributed by atoms with Crippen molar-refractivity contribution >= 4 is 11.5 Å². The van der Waals surface area contributed by atoms with Crippen molar-refractivity contribution in [2.24, 2.45) is 0 Å². The molecule has 0 saturated heterocycles. The number of aromatic nitrogens is 1. The van der Waals surface area contributed by atoms with Gasteiger partial charge in [-0.1, -0.05) is 0 Å². The predicted octanol–water partition coefficient (Wildman–Crippen LogP) is 1.46. The average molecular weight is 157 g/mol. The van der Waals surface area contributed by atoms with Crippen LogP contribution in [0.1, 0.15) is 17.7 Å². The van der Waals surface area contributed by atoms with Crippen molar-refractivity contribution in [1.29, 1.82) is 0 Å². The Morgan fingerprint density at radius 1 is 1.50 bits per heavy atom. The third kappa shape index (κ3) is 2.45. The molecule has 56 valence electrons. The fourth-order valence-electron chi connectivity index (χ4n) is 0.782. The first-order chi connectivity index (χ1) is 4.93. The molecule has 0 aromatic carbocycles. The number of aryl methyl sites for hydroxylation is 1. The number of nitrogens with zero attached hydrogens (tertiary/aromatic N) is 1. The molecule has 1 rings (SSSR count). The molecule has 0 amide bonds. The average Bonchev–Trinajstić information content (AvgIpc) is 2.41. The molecule has 0 aliphatic heterocycles. The summed E-state index contributed by atoms with van der Waals surface area (Å²) in [5.41, 5.74) is 0. The van der Waals surface area contributed by atoms with E-state index >= 15 is 0 Å². The van der Waals surface area contributed by atoms with E-state index in [-0.39, 0.29) is 0 Å². The minimum Gasteiger partial charge on any atom is -0.396 e. The largest absolute Gasteiger partial charge is 0.396 e. The van der Waals surface area contributed by atoms with Crippen LogP contribution in [0.25, 0.3) is 0 Å². The van der Waals surface area contributed by atoms with Crippen LogP contribution >= 0.6 is 11.5 Å². The van der Waals surface area contributed by atoms with Crippen molar-refractivity contribution in [2.75, 3.05) is 6.61 Å². The minimum absolute atomic E-state index is 0.304. The zero-order valence-corrected chi connectivity index (χ0v) is 6.60. The molecule has 1 heterocycles. The maximum absolute atomic E-state index is 8.48. The summed E-state index contributed by atoms with van der Waals surface area (Å²) in [5.74, 6) is 0. The van der Waals surface area contributed by atoms with Crippen molar-refractivity contribution in [3.8, 4) is 0 Å². The maximum Gasteiger partial charge on any atom is 0.0431 e. The molecule has 1 aromatic heterocycles. The molecule has 2 nitrogen and oxygen atoms in total. The van der Waals surface area contributed by atoms with E-state index in [2.05, 4.69) is 4.37 Å². The van der Waals surface area contributed by atoms with E-state index in [4.69, 9.17) is 5.11 Å². The van der Waals surface area contributed by atoms with E-state index in [0.29, 0.717) is 6.61 Å². The van der Waals surface area contributed by atoms with Crippen LogP contribution in [0.15, 0.2) is 12.3 Å². The van der Waals surface area contributed by atoms with Gasteiger partial charge in [-0.05, 0) is 36.9 Å². The van der Waals surface area contributed by atoms with Crippen molar-refractivity contribution in [1.82, 2.24) is 4.37 Å². The molecule has 0 saturated carbocycles. The fourth-order valence-corrected chi connectivity index (χ4v) is 1.40. The highest BCUT2D eigenvalue weighted by Gasteiger charge is 1.92. The Morgan fingerprint density at radius 2 is 2.40 bits per heavy atom.